The smallest absolute Gasteiger partial charge is 0.356 e. The average Bonchev–Trinajstić information content (AvgIpc) is 3.22. The first kappa shape index (κ1) is 17.7. The van der Waals surface area contributed by atoms with Crippen LogP contribution in [-0.4, -0.2) is 39.3 Å². The van der Waals surface area contributed by atoms with E-state index in [1.165, 1.54) is 14.2 Å². The van der Waals surface area contributed by atoms with Crippen molar-refractivity contribution < 1.29 is 33.3 Å². The molecule has 0 fully saturated rings. The van der Waals surface area contributed by atoms with Crippen molar-refractivity contribution in [1.82, 2.24) is 0 Å². The van der Waals surface area contributed by atoms with Crippen LogP contribution in [0, 0.1) is 5.92 Å². The van der Waals surface area contributed by atoms with Crippen LogP contribution in [0.3, 0.4) is 0 Å². The van der Waals surface area contributed by atoms with Gasteiger partial charge in [-0.05, 0) is 22.9 Å². The molecule has 9 heteroatoms. The summed E-state index contributed by atoms with van der Waals surface area (Å²) in [6, 6.07) is 0. The van der Waals surface area contributed by atoms with Gasteiger partial charge in [0.05, 0.1) is 36.8 Å². The first-order chi connectivity index (χ1) is 12.0. The van der Waals surface area contributed by atoms with Gasteiger partial charge in [-0.25, -0.2) is 4.79 Å². The molecule has 1 aromatic rings. The van der Waals surface area contributed by atoms with Gasteiger partial charge in [-0.1, -0.05) is 12.1 Å². The molecule has 3 rings (SSSR count). The predicted octanol–water partition coefficient (Wildman–Crippen LogP) is 2.82. The molecule has 2 heterocycles. The Bertz CT molecular complexity index is 734. The molecule has 0 aliphatic carbocycles. The Labute approximate surface area is 153 Å². The molecule has 2 aliphatic heterocycles. The summed E-state index contributed by atoms with van der Waals surface area (Å²) < 4.78 is 27.6. The summed E-state index contributed by atoms with van der Waals surface area (Å²) in [4.78, 5) is 17.6. The van der Waals surface area contributed by atoms with Crippen molar-refractivity contribution in [3.63, 3.8) is 0 Å². The Kier molecular flexibility index (Phi) is 4.94. The highest BCUT2D eigenvalue weighted by molar-refractivity contribution is 9.10. The van der Waals surface area contributed by atoms with Crippen LogP contribution in [0.25, 0.3) is 0 Å². The van der Waals surface area contributed by atoms with E-state index in [0.717, 1.165) is 0 Å². The molecule has 1 aromatic carbocycles. The average molecular weight is 416 g/mol. The lowest BCUT2D eigenvalue weighted by atomic mass is 9.92. The summed E-state index contributed by atoms with van der Waals surface area (Å²) in [5, 5.41) is 3.91. The van der Waals surface area contributed by atoms with Gasteiger partial charge >= 0.3 is 5.97 Å². The van der Waals surface area contributed by atoms with Crippen molar-refractivity contribution in [2.45, 2.75) is 20.0 Å². The van der Waals surface area contributed by atoms with Crippen LogP contribution in [0.15, 0.2) is 9.63 Å². The second-order valence-electron chi connectivity index (χ2n) is 5.37. The van der Waals surface area contributed by atoms with Gasteiger partial charge in [-0.3, -0.25) is 0 Å². The summed E-state index contributed by atoms with van der Waals surface area (Å²) in [5.74, 6) is 0.916. The van der Waals surface area contributed by atoms with Gasteiger partial charge in [0.2, 0.25) is 18.3 Å². The zero-order valence-corrected chi connectivity index (χ0v) is 15.8. The molecule has 8 nitrogen and oxygen atoms in total. The fraction of sp³-hybridized carbons (Fsp3) is 0.500. The number of hydrogen-bond acceptors (Lipinski definition) is 8. The quantitative estimate of drug-likeness (QED) is 0.683. The minimum Gasteiger partial charge on any atom is -0.492 e. The number of halogens is 1. The van der Waals surface area contributed by atoms with Crippen LogP contribution in [0.2, 0.25) is 0 Å². The van der Waals surface area contributed by atoms with Gasteiger partial charge in [0.15, 0.2) is 23.3 Å². The molecule has 0 unspecified atom stereocenters. The Morgan fingerprint density at radius 2 is 1.92 bits per heavy atom. The molecule has 0 bridgehead atoms. The number of fused-ring (bicyclic) bond motifs is 1. The molecule has 2 aliphatic rings. The lowest BCUT2D eigenvalue weighted by molar-refractivity contribution is -0.135. The Morgan fingerprint density at radius 3 is 2.56 bits per heavy atom. The first-order valence-corrected chi connectivity index (χ1v) is 8.48. The topological polar surface area (TPSA) is 84.8 Å². The number of methoxy groups -OCH3 is 2. The third-order valence-electron chi connectivity index (χ3n) is 4.03. The van der Waals surface area contributed by atoms with Crippen LogP contribution in [0.5, 0.6) is 23.0 Å². The van der Waals surface area contributed by atoms with Gasteiger partial charge < -0.3 is 28.5 Å². The first-order valence-electron chi connectivity index (χ1n) is 7.68. The van der Waals surface area contributed by atoms with Crippen molar-refractivity contribution in [3.05, 3.63) is 10.0 Å². The zero-order valence-electron chi connectivity index (χ0n) is 14.3. The van der Waals surface area contributed by atoms with E-state index >= 15 is 0 Å². The molecule has 0 spiro atoms. The van der Waals surface area contributed by atoms with E-state index in [2.05, 4.69) is 21.1 Å². The van der Waals surface area contributed by atoms with Crippen LogP contribution in [0.4, 0.5) is 0 Å². The molecule has 0 aromatic heterocycles. The molecule has 136 valence electrons. The van der Waals surface area contributed by atoms with E-state index in [9.17, 15) is 4.79 Å². The summed E-state index contributed by atoms with van der Waals surface area (Å²) in [6.07, 6.45) is -0.577. The number of rotatable bonds is 5. The maximum absolute atomic E-state index is 12.0. The predicted molar refractivity (Wildman–Crippen MR) is 90.4 cm³/mol. The number of carbonyl (C=O) groups is 1. The van der Waals surface area contributed by atoms with E-state index in [1.807, 2.05) is 6.92 Å². The van der Waals surface area contributed by atoms with Gasteiger partial charge in [-0.2, -0.15) is 0 Å². The number of carbonyl (C=O) groups excluding carboxylic acids is 1. The highest BCUT2D eigenvalue weighted by Crippen LogP contribution is 2.57. The molecule has 0 amide bonds. The van der Waals surface area contributed by atoms with E-state index in [1.54, 1.807) is 6.92 Å². The van der Waals surface area contributed by atoms with Crippen LogP contribution in [0.1, 0.15) is 25.5 Å². The van der Waals surface area contributed by atoms with Crippen molar-refractivity contribution in [2.75, 3.05) is 27.6 Å². The fourth-order valence-electron chi connectivity index (χ4n) is 2.86. The second kappa shape index (κ2) is 6.99. The number of benzene rings is 1. The fourth-order valence-corrected chi connectivity index (χ4v) is 3.56. The SMILES string of the molecule is CCOC(=O)C1=NO[C@@H](c2c(Br)c3c(c(OC)c2OC)OCO3)[C@H]1C. The summed E-state index contributed by atoms with van der Waals surface area (Å²) >= 11 is 3.52. The minimum absolute atomic E-state index is 0.0720. The number of esters is 1. The Hall–Kier alpha value is -2.16. The molecule has 0 radical (unpaired) electrons. The highest BCUT2D eigenvalue weighted by Gasteiger charge is 2.42. The highest BCUT2D eigenvalue weighted by atomic mass is 79.9. The third-order valence-corrected chi connectivity index (χ3v) is 4.82. The molecule has 2 atom stereocenters. The van der Waals surface area contributed by atoms with Crippen LogP contribution < -0.4 is 18.9 Å². The largest absolute Gasteiger partial charge is 0.492 e. The summed E-state index contributed by atoms with van der Waals surface area (Å²) in [7, 11) is 3.03. The number of nitrogens with zero attached hydrogens (tertiary/aromatic N) is 1. The lowest BCUT2D eigenvalue weighted by Gasteiger charge is -2.22. The molecule has 25 heavy (non-hydrogen) atoms. The summed E-state index contributed by atoms with van der Waals surface area (Å²) in [5.41, 5.74) is 0.844. The monoisotopic (exact) mass is 415 g/mol. The molecule has 0 N–H and O–H groups in total. The van der Waals surface area contributed by atoms with Crippen molar-refractivity contribution in [1.29, 1.82) is 0 Å². The molecule has 0 saturated heterocycles. The van der Waals surface area contributed by atoms with E-state index < -0.39 is 12.1 Å². The summed E-state index contributed by atoms with van der Waals surface area (Å²) in [6.45, 7) is 3.90. The van der Waals surface area contributed by atoms with Gasteiger partial charge in [0.1, 0.15) is 0 Å². The Morgan fingerprint density at radius 1 is 1.24 bits per heavy atom. The van der Waals surface area contributed by atoms with Crippen molar-refractivity contribution >= 4 is 27.6 Å². The van der Waals surface area contributed by atoms with E-state index in [-0.39, 0.29) is 25.0 Å². The molecular formula is C16H18BrNO7. The van der Waals surface area contributed by atoms with Crippen molar-refractivity contribution in [2.24, 2.45) is 11.1 Å². The molecule has 0 saturated carbocycles. The van der Waals surface area contributed by atoms with Crippen LogP contribution in [-0.2, 0) is 14.4 Å². The molecular weight excluding hydrogens is 398 g/mol. The van der Waals surface area contributed by atoms with Crippen LogP contribution >= 0.6 is 15.9 Å². The van der Waals surface area contributed by atoms with E-state index in [0.29, 0.717) is 33.0 Å². The van der Waals surface area contributed by atoms with Crippen molar-refractivity contribution in [3.8, 4) is 23.0 Å². The van der Waals surface area contributed by atoms with Gasteiger partial charge in [-0.15, -0.1) is 0 Å². The third kappa shape index (κ3) is 2.76. The normalized spacial score (nSPS) is 20.8. The standard InChI is InChI=1S/C16H18BrNO7/c1-5-22-16(19)10-7(2)11(25-18-10)8-9(17)13-15(24-6-23-13)14(21-4)12(8)20-3/h7,11H,5-6H2,1-4H3/t7-,11+/m0/s1. The number of ether oxygens (including phenoxy) is 5. The minimum atomic E-state index is -0.577. The number of oxime groups is 1. The van der Waals surface area contributed by atoms with Gasteiger partial charge in [0, 0.05) is 0 Å². The maximum atomic E-state index is 12.0. The second-order valence-corrected chi connectivity index (χ2v) is 6.16. The Balaban J connectivity index is 2.05. The number of hydrogen-bond donors (Lipinski definition) is 0. The van der Waals surface area contributed by atoms with Gasteiger partial charge in [0.25, 0.3) is 0 Å². The van der Waals surface area contributed by atoms with E-state index in [4.69, 9.17) is 28.5 Å². The lowest BCUT2D eigenvalue weighted by Crippen LogP contribution is -2.24. The zero-order chi connectivity index (χ0) is 18.1. The maximum Gasteiger partial charge on any atom is 0.356 e.